The zero-order valence-electron chi connectivity index (χ0n) is 6.30. The Hall–Kier alpha value is -1.30. The number of thioether (sulfide) groups is 1. The molecule has 0 saturated carbocycles. The van der Waals surface area contributed by atoms with Gasteiger partial charge in [-0.1, -0.05) is 17.8 Å². The number of hydrogen-bond donors (Lipinski definition) is 1. The fraction of sp³-hybridized carbons (Fsp3) is 0.167. The predicted octanol–water partition coefficient (Wildman–Crippen LogP) is -0.370. The summed E-state index contributed by atoms with van der Waals surface area (Å²) in [5, 5.41) is 7.55. The fourth-order valence-electron chi connectivity index (χ4n) is 0.564. The van der Waals surface area contributed by atoms with E-state index in [0.717, 1.165) is 10.9 Å². The molecule has 0 bridgehead atoms. The van der Waals surface area contributed by atoms with Gasteiger partial charge in [-0.2, -0.15) is 9.77 Å². The molecule has 0 radical (unpaired) electrons. The minimum atomic E-state index is -0.364. The molecule has 1 aromatic heterocycles. The molecule has 0 unspecified atom stereocenters. The predicted molar refractivity (Wildman–Crippen MR) is 47.4 cm³/mol. The molecule has 0 atom stereocenters. The zero-order valence-corrected chi connectivity index (χ0v) is 7.12. The Labute approximate surface area is 73.3 Å². The Bertz CT molecular complexity index is 335. The lowest BCUT2D eigenvalue weighted by atomic mass is 10.8. The van der Waals surface area contributed by atoms with Crippen LogP contribution in [0.2, 0.25) is 0 Å². The first-order valence-electron chi connectivity index (χ1n) is 3.19. The molecule has 1 aromatic rings. The van der Waals surface area contributed by atoms with Crippen LogP contribution < -0.4 is 11.4 Å². The highest BCUT2D eigenvalue weighted by atomic mass is 32.2. The van der Waals surface area contributed by atoms with E-state index >= 15 is 0 Å². The Morgan fingerprint density at radius 2 is 2.58 bits per heavy atom. The first kappa shape index (κ1) is 8.79. The molecule has 2 N–H and O–H groups in total. The molecule has 1 heterocycles. The monoisotopic (exact) mass is 184 g/mol. The topological polar surface area (TPSA) is 73.8 Å². The lowest BCUT2D eigenvalue weighted by molar-refractivity contribution is 0.699. The summed E-state index contributed by atoms with van der Waals surface area (Å²) in [5.41, 5.74) is -0.364. The van der Waals surface area contributed by atoms with Crippen LogP contribution in [0.1, 0.15) is 0 Å². The maximum Gasteiger partial charge on any atom is 0.291 e. The van der Waals surface area contributed by atoms with Crippen molar-refractivity contribution in [3.05, 3.63) is 29.2 Å². The first-order chi connectivity index (χ1) is 5.75. The smallest absolute Gasteiger partial charge is 0.291 e. The van der Waals surface area contributed by atoms with Crippen LogP contribution in [0.15, 0.2) is 28.8 Å². The largest absolute Gasteiger partial charge is 0.334 e. The number of rotatable bonds is 3. The van der Waals surface area contributed by atoms with E-state index in [1.165, 1.54) is 11.8 Å². The molecule has 12 heavy (non-hydrogen) atoms. The molecule has 6 heteroatoms. The standard InChI is InChI=1S/C6H8N4OS/c1-2-3-12-6-9-8-4-5(11)10(6)7/h2,4H,1,3,7H2. The van der Waals surface area contributed by atoms with Gasteiger partial charge in [0.25, 0.3) is 5.56 Å². The molecule has 0 amide bonds. The molecule has 0 fully saturated rings. The second-order valence-corrected chi connectivity index (χ2v) is 2.92. The number of aromatic nitrogens is 3. The Morgan fingerprint density at radius 3 is 3.25 bits per heavy atom. The first-order valence-corrected chi connectivity index (χ1v) is 4.17. The summed E-state index contributed by atoms with van der Waals surface area (Å²) < 4.78 is 0.959. The van der Waals surface area contributed by atoms with Crippen molar-refractivity contribution < 1.29 is 0 Å². The lowest BCUT2D eigenvalue weighted by Crippen LogP contribution is -2.29. The number of hydrogen-bond acceptors (Lipinski definition) is 5. The summed E-state index contributed by atoms with van der Waals surface area (Å²) in [5.74, 6) is 6.02. The Kier molecular flexibility index (Phi) is 2.87. The molecular formula is C6H8N4OS. The summed E-state index contributed by atoms with van der Waals surface area (Å²) in [6.07, 6.45) is 2.77. The highest BCUT2D eigenvalue weighted by molar-refractivity contribution is 7.99. The van der Waals surface area contributed by atoms with Crippen molar-refractivity contribution in [2.45, 2.75) is 5.16 Å². The number of nitrogens with zero attached hydrogens (tertiary/aromatic N) is 3. The van der Waals surface area contributed by atoms with E-state index in [1.807, 2.05) is 0 Å². The summed E-state index contributed by atoms with van der Waals surface area (Å²) in [4.78, 5) is 10.9. The van der Waals surface area contributed by atoms with Crippen LogP contribution in [0.4, 0.5) is 0 Å². The van der Waals surface area contributed by atoms with Crippen LogP contribution in [0.3, 0.4) is 0 Å². The number of nitrogens with two attached hydrogens (primary N) is 1. The molecule has 64 valence electrons. The van der Waals surface area contributed by atoms with E-state index in [1.54, 1.807) is 6.08 Å². The number of nitrogen functional groups attached to an aromatic ring is 1. The fourth-order valence-corrected chi connectivity index (χ4v) is 1.17. The van der Waals surface area contributed by atoms with Crippen molar-refractivity contribution >= 4 is 11.8 Å². The van der Waals surface area contributed by atoms with Gasteiger partial charge in [-0.15, -0.1) is 11.7 Å². The van der Waals surface area contributed by atoms with Crippen molar-refractivity contribution in [3.63, 3.8) is 0 Å². The zero-order chi connectivity index (χ0) is 8.97. The van der Waals surface area contributed by atoms with Crippen LogP contribution in [-0.4, -0.2) is 20.6 Å². The Balaban J connectivity index is 2.92. The molecule has 5 nitrogen and oxygen atoms in total. The van der Waals surface area contributed by atoms with Gasteiger partial charge >= 0.3 is 0 Å². The third-order valence-corrected chi connectivity index (χ3v) is 2.02. The molecule has 0 spiro atoms. The van der Waals surface area contributed by atoms with E-state index in [2.05, 4.69) is 16.8 Å². The van der Waals surface area contributed by atoms with Gasteiger partial charge in [-0.3, -0.25) is 4.79 Å². The third-order valence-electron chi connectivity index (χ3n) is 1.09. The van der Waals surface area contributed by atoms with Gasteiger partial charge in [0.1, 0.15) is 6.20 Å². The average Bonchev–Trinajstić information content (AvgIpc) is 2.08. The molecule has 1 rings (SSSR count). The van der Waals surface area contributed by atoms with Crippen LogP contribution in [0.25, 0.3) is 0 Å². The van der Waals surface area contributed by atoms with Crippen molar-refractivity contribution in [3.8, 4) is 0 Å². The normalized spacial score (nSPS) is 9.67. The molecule has 0 aliphatic carbocycles. The minimum absolute atomic E-state index is 0.364. The van der Waals surface area contributed by atoms with Crippen molar-refractivity contribution in [1.82, 2.24) is 14.9 Å². The second-order valence-electron chi connectivity index (χ2n) is 1.94. The quantitative estimate of drug-likeness (QED) is 0.394. The minimum Gasteiger partial charge on any atom is -0.334 e. The van der Waals surface area contributed by atoms with E-state index in [0.29, 0.717) is 10.9 Å². The summed E-state index contributed by atoms with van der Waals surface area (Å²) in [6.45, 7) is 3.53. The van der Waals surface area contributed by atoms with Crippen LogP contribution in [-0.2, 0) is 0 Å². The van der Waals surface area contributed by atoms with Gasteiger partial charge in [0.05, 0.1) is 0 Å². The summed E-state index contributed by atoms with van der Waals surface area (Å²) in [6, 6.07) is 0. The van der Waals surface area contributed by atoms with E-state index in [4.69, 9.17) is 5.84 Å². The molecule has 0 aliphatic rings. The van der Waals surface area contributed by atoms with Crippen LogP contribution in [0, 0.1) is 0 Å². The molecule has 0 saturated heterocycles. The molecule has 0 aromatic carbocycles. The van der Waals surface area contributed by atoms with Crippen molar-refractivity contribution in [2.75, 3.05) is 11.6 Å². The lowest BCUT2D eigenvalue weighted by Gasteiger charge is -2.01. The second kappa shape index (κ2) is 3.91. The van der Waals surface area contributed by atoms with Gasteiger partial charge in [-0.25, -0.2) is 0 Å². The maximum absolute atomic E-state index is 10.9. The van der Waals surface area contributed by atoms with E-state index in [9.17, 15) is 4.79 Å². The van der Waals surface area contributed by atoms with Gasteiger partial charge < -0.3 is 5.84 Å². The molecule has 0 aliphatic heterocycles. The van der Waals surface area contributed by atoms with Crippen LogP contribution >= 0.6 is 11.8 Å². The third kappa shape index (κ3) is 1.85. The highest BCUT2D eigenvalue weighted by Crippen LogP contribution is 2.09. The van der Waals surface area contributed by atoms with Gasteiger partial charge in [0, 0.05) is 5.75 Å². The maximum atomic E-state index is 10.9. The molecular weight excluding hydrogens is 176 g/mol. The van der Waals surface area contributed by atoms with Crippen molar-refractivity contribution in [2.24, 2.45) is 0 Å². The van der Waals surface area contributed by atoms with Gasteiger partial charge in [0.2, 0.25) is 5.16 Å². The van der Waals surface area contributed by atoms with Crippen LogP contribution in [0.5, 0.6) is 0 Å². The SMILES string of the molecule is C=CCSc1nncc(=O)n1N. The highest BCUT2D eigenvalue weighted by Gasteiger charge is 2.00. The Morgan fingerprint density at radius 1 is 1.83 bits per heavy atom. The summed E-state index contributed by atoms with van der Waals surface area (Å²) in [7, 11) is 0. The van der Waals surface area contributed by atoms with E-state index in [-0.39, 0.29) is 5.56 Å². The van der Waals surface area contributed by atoms with Crippen molar-refractivity contribution in [1.29, 1.82) is 0 Å². The summed E-state index contributed by atoms with van der Waals surface area (Å²) >= 11 is 1.31. The van der Waals surface area contributed by atoms with Gasteiger partial charge in [-0.05, 0) is 0 Å². The van der Waals surface area contributed by atoms with E-state index < -0.39 is 0 Å². The average molecular weight is 184 g/mol. The van der Waals surface area contributed by atoms with Gasteiger partial charge in [0.15, 0.2) is 0 Å².